The van der Waals surface area contributed by atoms with Gasteiger partial charge < -0.3 is 10.1 Å². The molecule has 1 atom stereocenters. The molecule has 1 amide bonds. The smallest absolute Gasteiger partial charge is 0.272 e. The van der Waals surface area contributed by atoms with Crippen LogP contribution in [0.3, 0.4) is 0 Å². The highest BCUT2D eigenvalue weighted by molar-refractivity contribution is 5.92. The zero-order chi connectivity index (χ0) is 17.2. The molecule has 0 bridgehead atoms. The van der Waals surface area contributed by atoms with Crippen molar-refractivity contribution in [2.75, 3.05) is 0 Å². The molecule has 2 aromatic rings. The molecule has 5 heteroatoms. The third-order valence-electron chi connectivity index (χ3n) is 5.26. The first kappa shape index (κ1) is 16.3. The number of aryl methyl sites for hydroxylation is 1. The molecule has 1 fully saturated rings. The lowest BCUT2D eigenvalue weighted by atomic mass is 9.95. The van der Waals surface area contributed by atoms with Crippen LogP contribution in [0.2, 0.25) is 0 Å². The van der Waals surface area contributed by atoms with Gasteiger partial charge in [-0.3, -0.25) is 9.48 Å². The zero-order valence-electron chi connectivity index (χ0n) is 14.7. The molecule has 5 nitrogen and oxygen atoms in total. The highest BCUT2D eigenvalue weighted by Gasteiger charge is 2.25. The normalized spacial score (nSPS) is 20.9. The maximum atomic E-state index is 12.5. The van der Waals surface area contributed by atoms with Gasteiger partial charge in [0.15, 0.2) is 5.69 Å². The predicted molar refractivity (Wildman–Crippen MR) is 95.3 cm³/mol. The minimum atomic E-state index is -0.0549. The van der Waals surface area contributed by atoms with E-state index < -0.39 is 0 Å². The van der Waals surface area contributed by atoms with Crippen LogP contribution in [-0.4, -0.2) is 21.7 Å². The van der Waals surface area contributed by atoms with Crippen molar-refractivity contribution in [1.29, 1.82) is 0 Å². The van der Waals surface area contributed by atoms with E-state index in [2.05, 4.69) is 41.6 Å². The molecule has 2 heterocycles. The molecule has 0 unspecified atom stereocenters. The SMILES string of the molecule is Cc1ccc([C@H]2Cn3nc(C(=O)NC4CCCCC4)cc3CO2)cc1. The van der Waals surface area contributed by atoms with Crippen LogP contribution in [-0.2, 0) is 17.9 Å². The topological polar surface area (TPSA) is 56.2 Å². The van der Waals surface area contributed by atoms with E-state index in [-0.39, 0.29) is 12.0 Å². The molecular weight excluding hydrogens is 314 g/mol. The van der Waals surface area contributed by atoms with Crippen LogP contribution in [0.1, 0.15) is 65.5 Å². The zero-order valence-corrected chi connectivity index (χ0v) is 14.7. The van der Waals surface area contributed by atoms with Crippen LogP contribution in [0.25, 0.3) is 0 Å². The van der Waals surface area contributed by atoms with E-state index in [0.717, 1.165) is 24.1 Å². The largest absolute Gasteiger partial charge is 0.365 e. The van der Waals surface area contributed by atoms with Gasteiger partial charge >= 0.3 is 0 Å². The number of amides is 1. The number of benzene rings is 1. The van der Waals surface area contributed by atoms with Crippen molar-refractivity contribution in [3.05, 3.63) is 52.8 Å². The first-order chi connectivity index (χ1) is 12.2. The van der Waals surface area contributed by atoms with E-state index in [1.165, 1.54) is 24.8 Å². The molecule has 1 saturated carbocycles. The molecular formula is C20H25N3O2. The second-order valence-corrected chi connectivity index (χ2v) is 7.22. The number of hydrogen-bond donors (Lipinski definition) is 1. The van der Waals surface area contributed by atoms with Crippen molar-refractivity contribution in [1.82, 2.24) is 15.1 Å². The maximum absolute atomic E-state index is 12.5. The molecule has 132 valence electrons. The van der Waals surface area contributed by atoms with Gasteiger partial charge in [0.05, 0.1) is 18.8 Å². The molecule has 4 rings (SSSR count). The Bertz CT molecular complexity index is 745. The van der Waals surface area contributed by atoms with Crippen LogP contribution in [0.5, 0.6) is 0 Å². The van der Waals surface area contributed by atoms with Gasteiger partial charge in [0.25, 0.3) is 5.91 Å². The monoisotopic (exact) mass is 339 g/mol. The minimum Gasteiger partial charge on any atom is -0.365 e. The van der Waals surface area contributed by atoms with Gasteiger partial charge in [-0.05, 0) is 31.4 Å². The third-order valence-corrected chi connectivity index (χ3v) is 5.26. The van der Waals surface area contributed by atoms with Crippen LogP contribution >= 0.6 is 0 Å². The van der Waals surface area contributed by atoms with Gasteiger partial charge in [0.2, 0.25) is 0 Å². The van der Waals surface area contributed by atoms with Crippen molar-refractivity contribution in [2.24, 2.45) is 0 Å². The van der Waals surface area contributed by atoms with E-state index >= 15 is 0 Å². The van der Waals surface area contributed by atoms with E-state index in [1.807, 2.05) is 10.7 Å². The third kappa shape index (κ3) is 3.61. The van der Waals surface area contributed by atoms with Crippen molar-refractivity contribution < 1.29 is 9.53 Å². The number of rotatable bonds is 3. The summed E-state index contributed by atoms with van der Waals surface area (Å²) in [5.74, 6) is -0.0549. The number of nitrogens with one attached hydrogen (secondary N) is 1. The average Bonchev–Trinajstić information content (AvgIpc) is 3.06. The Morgan fingerprint density at radius 2 is 1.96 bits per heavy atom. The lowest BCUT2D eigenvalue weighted by Gasteiger charge is -2.24. The standard InChI is InChI=1S/C20H25N3O2/c1-14-7-9-15(10-8-14)19-12-23-17(13-25-19)11-18(22-23)20(24)21-16-5-3-2-4-6-16/h7-11,16,19H,2-6,12-13H2,1H3,(H,21,24)/t19-/m1/s1. The van der Waals surface area contributed by atoms with Gasteiger partial charge in [-0.15, -0.1) is 0 Å². The van der Waals surface area contributed by atoms with Crippen molar-refractivity contribution in [2.45, 2.75) is 64.3 Å². The molecule has 1 N–H and O–H groups in total. The number of hydrogen-bond acceptors (Lipinski definition) is 3. The maximum Gasteiger partial charge on any atom is 0.272 e. The number of carbonyl (C=O) groups is 1. The van der Waals surface area contributed by atoms with Crippen LogP contribution < -0.4 is 5.32 Å². The molecule has 1 aliphatic heterocycles. The van der Waals surface area contributed by atoms with Crippen molar-refractivity contribution in [3.8, 4) is 0 Å². The van der Waals surface area contributed by atoms with Crippen LogP contribution in [0.4, 0.5) is 0 Å². The highest BCUT2D eigenvalue weighted by Crippen LogP contribution is 2.27. The van der Waals surface area contributed by atoms with Crippen molar-refractivity contribution >= 4 is 5.91 Å². The summed E-state index contributed by atoms with van der Waals surface area (Å²) in [5.41, 5.74) is 3.87. The lowest BCUT2D eigenvalue weighted by Crippen LogP contribution is -2.36. The van der Waals surface area contributed by atoms with E-state index in [9.17, 15) is 4.79 Å². The van der Waals surface area contributed by atoms with Gasteiger partial charge in [0, 0.05) is 6.04 Å². The number of carbonyl (C=O) groups excluding carboxylic acids is 1. The summed E-state index contributed by atoms with van der Waals surface area (Å²) in [6, 6.07) is 10.6. The molecule has 1 aliphatic carbocycles. The highest BCUT2D eigenvalue weighted by atomic mass is 16.5. The summed E-state index contributed by atoms with van der Waals surface area (Å²) >= 11 is 0. The summed E-state index contributed by atoms with van der Waals surface area (Å²) < 4.78 is 7.90. The quantitative estimate of drug-likeness (QED) is 0.931. The first-order valence-electron chi connectivity index (χ1n) is 9.25. The van der Waals surface area contributed by atoms with Crippen LogP contribution in [0, 0.1) is 6.92 Å². The fourth-order valence-corrected chi connectivity index (χ4v) is 3.73. The number of aromatic nitrogens is 2. The molecule has 0 radical (unpaired) electrons. The van der Waals surface area contributed by atoms with Gasteiger partial charge in [0.1, 0.15) is 6.10 Å². The van der Waals surface area contributed by atoms with Gasteiger partial charge in [-0.2, -0.15) is 5.10 Å². The second-order valence-electron chi connectivity index (χ2n) is 7.22. The molecule has 2 aliphatic rings. The summed E-state index contributed by atoms with van der Waals surface area (Å²) in [7, 11) is 0. The minimum absolute atomic E-state index is 0.0118. The predicted octanol–water partition coefficient (Wildman–Crippen LogP) is 3.53. The summed E-state index contributed by atoms with van der Waals surface area (Å²) in [4.78, 5) is 12.5. The fourth-order valence-electron chi connectivity index (χ4n) is 3.73. The summed E-state index contributed by atoms with van der Waals surface area (Å²) in [6.07, 6.45) is 5.84. The molecule has 0 spiro atoms. The van der Waals surface area contributed by atoms with Gasteiger partial charge in [-0.1, -0.05) is 49.1 Å². The molecule has 0 saturated heterocycles. The Labute approximate surface area is 148 Å². The van der Waals surface area contributed by atoms with E-state index in [0.29, 0.717) is 24.9 Å². The average molecular weight is 339 g/mol. The first-order valence-corrected chi connectivity index (χ1v) is 9.25. The molecule has 1 aromatic heterocycles. The summed E-state index contributed by atoms with van der Waals surface area (Å²) in [6.45, 7) is 3.21. The van der Waals surface area contributed by atoms with E-state index in [1.54, 1.807) is 0 Å². The number of fused-ring (bicyclic) bond motifs is 1. The number of ether oxygens (including phenoxy) is 1. The van der Waals surface area contributed by atoms with Crippen LogP contribution in [0.15, 0.2) is 30.3 Å². The summed E-state index contributed by atoms with van der Waals surface area (Å²) in [5, 5.41) is 7.67. The molecule has 25 heavy (non-hydrogen) atoms. The fraction of sp³-hybridized carbons (Fsp3) is 0.500. The van der Waals surface area contributed by atoms with Gasteiger partial charge in [-0.25, -0.2) is 0 Å². The Morgan fingerprint density at radius 3 is 2.72 bits per heavy atom. The van der Waals surface area contributed by atoms with E-state index in [4.69, 9.17) is 4.74 Å². The molecule has 1 aromatic carbocycles. The lowest BCUT2D eigenvalue weighted by molar-refractivity contribution is -0.00120. The van der Waals surface area contributed by atoms with Crippen molar-refractivity contribution in [3.63, 3.8) is 0 Å². The Morgan fingerprint density at radius 1 is 1.20 bits per heavy atom. The Balaban J connectivity index is 1.44. The Kier molecular flexibility index (Phi) is 4.57. The number of nitrogens with zero attached hydrogens (tertiary/aromatic N) is 2. The Hall–Kier alpha value is -2.14. The second kappa shape index (κ2) is 7.00.